The molecule has 1 aliphatic rings. The van der Waals surface area contributed by atoms with E-state index >= 15 is 4.39 Å². The summed E-state index contributed by atoms with van der Waals surface area (Å²) in [7, 11) is 0. The van der Waals surface area contributed by atoms with E-state index in [9.17, 15) is 14.4 Å². The van der Waals surface area contributed by atoms with Crippen molar-refractivity contribution in [3.63, 3.8) is 0 Å². The van der Waals surface area contributed by atoms with Gasteiger partial charge in [-0.3, -0.25) is 20.9 Å². The van der Waals surface area contributed by atoms with Gasteiger partial charge in [0.05, 0.1) is 30.8 Å². The molecule has 4 rings (SSSR count). The number of nitrogens with zero attached hydrogens (tertiary/aromatic N) is 2. The largest absolute Gasteiger partial charge is 0.444 e. The standard InChI is InChI=1S/C31H38FN5O7/c1-16-14-41-15-23(16)42-27(38)36-24-10-18-9-19(20-11-33-13-22(17(20)2)35-28(39)43-30(3,4)5)25(32)26(21(18)12-34-24)37-29(40)44-31(6,7)8/h9-13,16,23H,14-15H2,1-8H3,(H,35,39)(H,37,40)(H,34,36,38)/t16-,23-/m0/s1. The van der Waals surface area contributed by atoms with Gasteiger partial charge in [0.15, 0.2) is 5.82 Å². The highest BCUT2D eigenvalue weighted by atomic mass is 19.1. The van der Waals surface area contributed by atoms with Gasteiger partial charge >= 0.3 is 18.3 Å². The van der Waals surface area contributed by atoms with Gasteiger partial charge in [-0.05, 0) is 71.5 Å². The maximum absolute atomic E-state index is 16.3. The molecule has 0 radical (unpaired) electrons. The van der Waals surface area contributed by atoms with Crippen LogP contribution >= 0.6 is 0 Å². The number of aromatic nitrogens is 2. The number of rotatable bonds is 5. The topological polar surface area (TPSA) is 150 Å². The predicted molar refractivity (Wildman–Crippen MR) is 163 cm³/mol. The van der Waals surface area contributed by atoms with Crippen molar-refractivity contribution in [1.82, 2.24) is 9.97 Å². The second-order valence-electron chi connectivity index (χ2n) is 12.6. The monoisotopic (exact) mass is 611 g/mol. The molecule has 3 heterocycles. The van der Waals surface area contributed by atoms with Crippen LogP contribution in [0.15, 0.2) is 30.7 Å². The number of carbonyl (C=O) groups is 3. The summed E-state index contributed by atoms with van der Waals surface area (Å²) in [5.74, 6) is -0.584. The fourth-order valence-electron chi connectivity index (χ4n) is 4.46. The summed E-state index contributed by atoms with van der Waals surface area (Å²) < 4.78 is 37.8. The molecule has 12 nitrogen and oxygen atoms in total. The van der Waals surface area contributed by atoms with Crippen molar-refractivity contribution >= 4 is 46.2 Å². The van der Waals surface area contributed by atoms with Crippen LogP contribution in [-0.2, 0) is 18.9 Å². The van der Waals surface area contributed by atoms with Crippen LogP contribution in [0, 0.1) is 18.7 Å². The number of amides is 3. The first kappa shape index (κ1) is 32.4. The maximum Gasteiger partial charge on any atom is 0.413 e. The lowest BCUT2D eigenvalue weighted by atomic mass is 9.97. The summed E-state index contributed by atoms with van der Waals surface area (Å²) in [6.45, 7) is 14.7. The minimum absolute atomic E-state index is 0.0507. The average molecular weight is 612 g/mol. The first-order valence-corrected chi connectivity index (χ1v) is 14.1. The number of hydrogen-bond donors (Lipinski definition) is 3. The third-order valence-electron chi connectivity index (χ3n) is 6.51. The van der Waals surface area contributed by atoms with Crippen LogP contribution in [0.3, 0.4) is 0 Å². The molecule has 2 atom stereocenters. The number of anilines is 3. The van der Waals surface area contributed by atoms with E-state index in [0.29, 0.717) is 35.4 Å². The second kappa shape index (κ2) is 12.6. The highest BCUT2D eigenvalue weighted by Crippen LogP contribution is 2.38. The van der Waals surface area contributed by atoms with Gasteiger partial charge in [-0.1, -0.05) is 6.92 Å². The molecule has 0 aliphatic carbocycles. The van der Waals surface area contributed by atoms with Gasteiger partial charge in [0.1, 0.15) is 23.1 Å². The van der Waals surface area contributed by atoms with Crippen LogP contribution in [0.1, 0.15) is 54.0 Å². The van der Waals surface area contributed by atoms with Gasteiger partial charge in [-0.15, -0.1) is 0 Å². The Bertz CT molecular complexity index is 1580. The summed E-state index contributed by atoms with van der Waals surface area (Å²) in [5.41, 5.74) is -0.544. The molecular formula is C31H38FN5O7. The third-order valence-corrected chi connectivity index (χ3v) is 6.51. The zero-order valence-corrected chi connectivity index (χ0v) is 26.1. The smallest absolute Gasteiger partial charge is 0.413 e. The minimum Gasteiger partial charge on any atom is -0.444 e. The Morgan fingerprint density at radius 2 is 1.55 bits per heavy atom. The van der Waals surface area contributed by atoms with Gasteiger partial charge < -0.3 is 18.9 Å². The molecule has 0 saturated carbocycles. The number of nitrogens with one attached hydrogen (secondary N) is 3. The molecule has 2 aromatic heterocycles. The molecule has 1 aromatic carbocycles. The first-order chi connectivity index (χ1) is 20.5. The average Bonchev–Trinajstić information content (AvgIpc) is 3.28. The fraction of sp³-hybridized carbons (Fsp3) is 0.452. The van der Waals surface area contributed by atoms with E-state index in [-0.39, 0.29) is 28.4 Å². The molecule has 3 amide bonds. The molecule has 0 unspecified atom stereocenters. The van der Waals surface area contributed by atoms with Crippen molar-refractivity contribution in [2.24, 2.45) is 5.92 Å². The highest BCUT2D eigenvalue weighted by Gasteiger charge is 2.28. The lowest BCUT2D eigenvalue weighted by molar-refractivity contribution is 0.0624. The Hall–Kier alpha value is -4.52. The Balaban J connectivity index is 1.75. The Labute approximate surface area is 255 Å². The third kappa shape index (κ3) is 8.10. The summed E-state index contributed by atoms with van der Waals surface area (Å²) in [6, 6.07) is 3.07. The molecule has 1 saturated heterocycles. The quantitative estimate of drug-likeness (QED) is 0.259. The van der Waals surface area contributed by atoms with Crippen LogP contribution in [0.25, 0.3) is 21.9 Å². The number of ether oxygens (including phenoxy) is 4. The van der Waals surface area contributed by atoms with E-state index in [1.165, 1.54) is 30.7 Å². The number of carbonyl (C=O) groups excluding carboxylic acids is 3. The van der Waals surface area contributed by atoms with E-state index in [4.69, 9.17) is 18.9 Å². The van der Waals surface area contributed by atoms with Crippen molar-refractivity contribution < 1.29 is 37.7 Å². The molecule has 13 heteroatoms. The van der Waals surface area contributed by atoms with E-state index in [2.05, 4.69) is 25.9 Å². The summed E-state index contributed by atoms with van der Waals surface area (Å²) in [6.07, 6.45) is 1.53. The molecule has 1 aliphatic heterocycles. The Kier molecular flexibility index (Phi) is 9.28. The zero-order chi connectivity index (χ0) is 32.4. The summed E-state index contributed by atoms with van der Waals surface area (Å²) in [4.78, 5) is 46.2. The number of hydrogen-bond acceptors (Lipinski definition) is 9. The summed E-state index contributed by atoms with van der Waals surface area (Å²) >= 11 is 0. The molecule has 236 valence electrons. The van der Waals surface area contributed by atoms with E-state index < -0.39 is 41.4 Å². The summed E-state index contributed by atoms with van der Waals surface area (Å²) in [5, 5.41) is 8.45. The van der Waals surface area contributed by atoms with Gasteiger partial charge in [0.25, 0.3) is 0 Å². The Morgan fingerprint density at radius 1 is 0.886 bits per heavy atom. The fourth-order valence-corrected chi connectivity index (χ4v) is 4.46. The molecular weight excluding hydrogens is 573 g/mol. The van der Waals surface area contributed by atoms with Gasteiger partial charge in [0.2, 0.25) is 0 Å². The molecule has 0 bridgehead atoms. The molecule has 3 N–H and O–H groups in total. The predicted octanol–water partition coefficient (Wildman–Crippen LogP) is 7.02. The minimum atomic E-state index is -0.872. The van der Waals surface area contributed by atoms with Crippen molar-refractivity contribution in [2.75, 3.05) is 29.2 Å². The number of benzene rings is 1. The molecule has 0 spiro atoms. The van der Waals surface area contributed by atoms with Gasteiger partial charge in [0, 0.05) is 34.8 Å². The van der Waals surface area contributed by atoms with Gasteiger partial charge in [-0.2, -0.15) is 0 Å². The van der Waals surface area contributed by atoms with Crippen LogP contribution in [0.5, 0.6) is 0 Å². The molecule has 3 aromatic rings. The Morgan fingerprint density at radius 3 is 2.16 bits per heavy atom. The molecule has 44 heavy (non-hydrogen) atoms. The van der Waals surface area contributed by atoms with Gasteiger partial charge in [-0.25, -0.2) is 23.8 Å². The normalized spacial score (nSPS) is 16.8. The number of halogens is 1. The van der Waals surface area contributed by atoms with Crippen LogP contribution in [-0.4, -0.2) is 58.8 Å². The van der Waals surface area contributed by atoms with E-state index in [1.807, 2.05) is 6.92 Å². The van der Waals surface area contributed by atoms with Crippen molar-refractivity contribution in [3.8, 4) is 11.1 Å². The van der Waals surface area contributed by atoms with E-state index in [0.717, 1.165) is 0 Å². The van der Waals surface area contributed by atoms with Crippen molar-refractivity contribution in [3.05, 3.63) is 42.1 Å². The van der Waals surface area contributed by atoms with Crippen molar-refractivity contribution in [1.29, 1.82) is 0 Å². The lowest BCUT2D eigenvalue weighted by Crippen LogP contribution is -2.28. The lowest BCUT2D eigenvalue weighted by Gasteiger charge is -2.22. The number of pyridine rings is 2. The van der Waals surface area contributed by atoms with Crippen LogP contribution < -0.4 is 16.0 Å². The first-order valence-electron chi connectivity index (χ1n) is 14.1. The maximum atomic E-state index is 16.3. The second-order valence-corrected chi connectivity index (χ2v) is 12.6. The SMILES string of the molecule is Cc1c(NC(=O)OC(C)(C)C)cncc1-c1cc2cc(NC(=O)O[C@H]3COC[C@@H]3C)ncc2c(NC(=O)OC(C)(C)C)c1F. The van der Waals surface area contributed by atoms with Crippen molar-refractivity contribution in [2.45, 2.75) is 72.7 Å². The highest BCUT2D eigenvalue weighted by molar-refractivity contribution is 6.04. The van der Waals surface area contributed by atoms with Crippen LogP contribution in [0.4, 0.5) is 36.0 Å². The molecule has 1 fully saturated rings. The van der Waals surface area contributed by atoms with Crippen LogP contribution in [0.2, 0.25) is 0 Å². The van der Waals surface area contributed by atoms with E-state index in [1.54, 1.807) is 48.5 Å². The number of fused-ring (bicyclic) bond motifs is 1. The zero-order valence-electron chi connectivity index (χ0n) is 26.1.